The van der Waals surface area contributed by atoms with Crippen LogP contribution < -0.4 is 15.8 Å². The van der Waals surface area contributed by atoms with Gasteiger partial charge in [0.05, 0.1) is 22.9 Å². The smallest absolute Gasteiger partial charge is 0.338 e. The molecule has 0 heterocycles. The molecule has 0 atom stereocenters. The first kappa shape index (κ1) is 18.5. The summed E-state index contributed by atoms with van der Waals surface area (Å²) in [5.74, 6) is -1.42. The van der Waals surface area contributed by atoms with Gasteiger partial charge in [-0.1, -0.05) is 11.6 Å². The Balaban J connectivity index is 2.00. The molecule has 2 rings (SSSR count). The van der Waals surface area contributed by atoms with E-state index in [-0.39, 0.29) is 35.2 Å². The SMILES string of the molecule is CCOC(=O)c1ccc(N)c(OCC(=O)Nc2ccc(F)c(Cl)c2)c1. The van der Waals surface area contributed by atoms with E-state index in [9.17, 15) is 14.0 Å². The van der Waals surface area contributed by atoms with Crippen molar-refractivity contribution < 1.29 is 23.5 Å². The van der Waals surface area contributed by atoms with Crippen LogP contribution in [0.25, 0.3) is 0 Å². The van der Waals surface area contributed by atoms with Gasteiger partial charge in [0.1, 0.15) is 11.6 Å². The van der Waals surface area contributed by atoms with Gasteiger partial charge in [-0.05, 0) is 43.3 Å². The maximum atomic E-state index is 13.1. The lowest BCUT2D eigenvalue weighted by atomic mass is 10.2. The maximum Gasteiger partial charge on any atom is 0.338 e. The highest BCUT2D eigenvalue weighted by Gasteiger charge is 2.12. The Morgan fingerprint density at radius 3 is 2.68 bits per heavy atom. The highest BCUT2D eigenvalue weighted by molar-refractivity contribution is 6.31. The monoisotopic (exact) mass is 366 g/mol. The van der Waals surface area contributed by atoms with Gasteiger partial charge in [-0.25, -0.2) is 9.18 Å². The van der Waals surface area contributed by atoms with E-state index in [2.05, 4.69) is 5.32 Å². The van der Waals surface area contributed by atoms with Crippen LogP contribution in [0, 0.1) is 5.82 Å². The van der Waals surface area contributed by atoms with E-state index in [1.807, 2.05) is 0 Å². The van der Waals surface area contributed by atoms with Crippen molar-refractivity contribution in [3.8, 4) is 5.75 Å². The van der Waals surface area contributed by atoms with E-state index in [0.29, 0.717) is 5.69 Å². The van der Waals surface area contributed by atoms with Gasteiger partial charge in [0, 0.05) is 5.69 Å². The number of benzene rings is 2. The largest absolute Gasteiger partial charge is 0.482 e. The molecule has 6 nitrogen and oxygen atoms in total. The van der Waals surface area contributed by atoms with Crippen LogP contribution in [0.4, 0.5) is 15.8 Å². The lowest BCUT2D eigenvalue weighted by molar-refractivity contribution is -0.118. The van der Waals surface area contributed by atoms with Crippen LogP contribution in [0.1, 0.15) is 17.3 Å². The van der Waals surface area contributed by atoms with Crippen LogP contribution in [-0.4, -0.2) is 25.1 Å². The molecule has 0 aliphatic rings. The number of hydrogen-bond acceptors (Lipinski definition) is 5. The highest BCUT2D eigenvalue weighted by atomic mass is 35.5. The molecular formula is C17H16ClFN2O4. The van der Waals surface area contributed by atoms with Crippen LogP contribution in [0.3, 0.4) is 0 Å². The van der Waals surface area contributed by atoms with Crippen molar-refractivity contribution in [3.05, 3.63) is 52.8 Å². The van der Waals surface area contributed by atoms with Gasteiger partial charge in [-0.2, -0.15) is 0 Å². The van der Waals surface area contributed by atoms with Crippen LogP contribution in [0.2, 0.25) is 5.02 Å². The zero-order chi connectivity index (χ0) is 18.4. The maximum absolute atomic E-state index is 13.1. The zero-order valence-corrected chi connectivity index (χ0v) is 14.1. The fourth-order valence-corrected chi connectivity index (χ4v) is 2.10. The summed E-state index contributed by atoms with van der Waals surface area (Å²) in [5.41, 5.74) is 6.63. The van der Waals surface area contributed by atoms with Crippen molar-refractivity contribution >= 4 is 34.9 Å². The van der Waals surface area contributed by atoms with E-state index < -0.39 is 17.7 Å². The summed E-state index contributed by atoms with van der Waals surface area (Å²) in [6.45, 7) is 1.58. The van der Waals surface area contributed by atoms with Crippen molar-refractivity contribution in [3.63, 3.8) is 0 Å². The van der Waals surface area contributed by atoms with E-state index in [1.54, 1.807) is 6.92 Å². The van der Waals surface area contributed by atoms with Crippen LogP contribution in [-0.2, 0) is 9.53 Å². The van der Waals surface area contributed by atoms with Gasteiger partial charge in [0.2, 0.25) is 0 Å². The van der Waals surface area contributed by atoms with Crippen molar-refractivity contribution in [2.24, 2.45) is 0 Å². The molecule has 0 bridgehead atoms. The zero-order valence-electron chi connectivity index (χ0n) is 13.3. The number of nitrogens with one attached hydrogen (secondary N) is 1. The first-order chi connectivity index (χ1) is 11.9. The lowest BCUT2D eigenvalue weighted by Crippen LogP contribution is -2.20. The fraction of sp³-hybridized carbons (Fsp3) is 0.176. The van der Waals surface area contributed by atoms with Gasteiger partial charge in [0.25, 0.3) is 5.91 Å². The molecule has 132 valence electrons. The first-order valence-corrected chi connectivity index (χ1v) is 7.73. The Hall–Kier alpha value is -2.80. The summed E-state index contributed by atoms with van der Waals surface area (Å²) in [5, 5.41) is 2.40. The molecule has 0 radical (unpaired) electrons. The molecule has 1 amide bonds. The molecule has 0 saturated carbocycles. The highest BCUT2D eigenvalue weighted by Crippen LogP contribution is 2.23. The number of halogens is 2. The van der Waals surface area contributed by atoms with E-state index in [0.717, 1.165) is 6.07 Å². The van der Waals surface area contributed by atoms with Crippen LogP contribution in [0.15, 0.2) is 36.4 Å². The van der Waals surface area contributed by atoms with Gasteiger partial charge in [-0.3, -0.25) is 4.79 Å². The molecule has 8 heteroatoms. The van der Waals surface area contributed by atoms with Gasteiger partial charge in [0.15, 0.2) is 6.61 Å². The molecule has 2 aromatic carbocycles. The Morgan fingerprint density at radius 1 is 1.24 bits per heavy atom. The van der Waals surface area contributed by atoms with Crippen LogP contribution >= 0.6 is 11.6 Å². The Bertz CT molecular complexity index is 798. The quantitative estimate of drug-likeness (QED) is 0.605. The third-order valence-electron chi connectivity index (χ3n) is 3.09. The molecule has 0 aliphatic carbocycles. The standard InChI is InChI=1S/C17H16ClFN2O4/c1-2-24-17(23)10-3-6-14(20)15(7-10)25-9-16(22)21-11-4-5-13(19)12(18)8-11/h3-8H,2,9,20H2,1H3,(H,21,22). The van der Waals surface area contributed by atoms with Gasteiger partial charge < -0.3 is 20.5 Å². The molecule has 0 unspecified atom stereocenters. The molecule has 0 aliphatic heterocycles. The summed E-state index contributed by atoms with van der Waals surface area (Å²) >= 11 is 5.65. The Labute approximate surface area is 148 Å². The Kier molecular flexibility index (Phi) is 6.19. The number of rotatable bonds is 6. The van der Waals surface area contributed by atoms with Crippen molar-refractivity contribution in [1.29, 1.82) is 0 Å². The minimum absolute atomic E-state index is 0.106. The van der Waals surface area contributed by atoms with E-state index in [1.165, 1.54) is 30.3 Å². The summed E-state index contributed by atoms with van der Waals surface area (Å²) in [6, 6.07) is 8.17. The number of esters is 1. The van der Waals surface area contributed by atoms with E-state index >= 15 is 0 Å². The second kappa shape index (κ2) is 8.34. The number of anilines is 2. The number of hydrogen-bond donors (Lipinski definition) is 2. The second-order valence-electron chi connectivity index (χ2n) is 4.94. The summed E-state index contributed by atoms with van der Waals surface area (Å²) in [6.07, 6.45) is 0. The first-order valence-electron chi connectivity index (χ1n) is 7.35. The number of ether oxygens (including phenoxy) is 2. The predicted octanol–water partition coefficient (Wildman–Crippen LogP) is 3.26. The number of carbonyl (C=O) groups excluding carboxylic acids is 2. The molecule has 2 aromatic rings. The molecule has 0 fully saturated rings. The molecule has 0 aromatic heterocycles. The summed E-state index contributed by atoms with van der Waals surface area (Å²) in [7, 11) is 0. The normalized spacial score (nSPS) is 10.2. The van der Waals surface area contributed by atoms with Crippen molar-refractivity contribution in [2.75, 3.05) is 24.3 Å². The average Bonchev–Trinajstić information content (AvgIpc) is 2.57. The van der Waals surface area contributed by atoms with Gasteiger partial charge in [-0.15, -0.1) is 0 Å². The average molecular weight is 367 g/mol. The van der Waals surface area contributed by atoms with Crippen molar-refractivity contribution in [1.82, 2.24) is 0 Å². The van der Waals surface area contributed by atoms with Gasteiger partial charge >= 0.3 is 5.97 Å². The second-order valence-corrected chi connectivity index (χ2v) is 5.35. The summed E-state index contributed by atoms with van der Waals surface area (Å²) < 4.78 is 23.3. The minimum Gasteiger partial charge on any atom is -0.482 e. The number of nitrogen functional groups attached to an aromatic ring is 1. The predicted molar refractivity (Wildman–Crippen MR) is 92.3 cm³/mol. The summed E-state index contributed by atoms with van der Waals surface area (Å²) in [4.78, 5) is 23.6. The molecule has 25 heavy (non-hydrogen) atoms. The fourth-order valence-electron chi connectivity index (χ4n) is 1.92. The number of nitrogens with two attached hydrogens (primary N) is 1. The Morgan fingerprint density at radius 2 is 2.00 bits per heavy atom. The molecular weight excluding hydrogens is 351 g/mol. The van der Waals surface area contributed by atoms with E-state index in [4.69, 9.17) is 26.8 Å². The molecule has 0 saturated heterocycles. The number of carbonyl (C=O) groups is 2. The van der Waals surface area contributed by atoms with Crippen molar-refractivity contribution in [2.45, 2.75) is 6.92 Å². The third kappa shape index (κ3) is 5.09. The third-order valence-corrected chi connectivity index (χ3v) is 3.38. The van der Waals surface area contributed by atoms with Crippen LogP contribution in [0.5, 0.6) is 5.75 Å². The molecule has 0 spiro atoms. The lowest BCUT2D eigenvalue weighted by Gasteiger charge is -2.11. The number of amides is 1. The topological polar surface area (TPSA) is 90.7 Å². The molecule has 3 N–H and O–H groups in total. The minimum atomic E-state index is -0.584.